The Morgan fingerprint density at radius 1 is 1.11 bits per heavy atom. The van der Waals surface area contributed by atoms with E-state index in [4.69, 9.17) is 4.74 Å². The maximum atomic E-state index is 12.8. The molecule has 0 saturated carbocycles. The number of hydrogen-bond acceptors (Lipinski definition) is 3. The smallest absolute Gasteiger partial charge is 0.193 e. The normalized spacial score (nSPS) is 10.0. The number of carbonyl (C=O) groups excluding carboxylic acids is 2. The molecule has 0 unspecified atom stereocenters. The Bertz CT molecular complexity index is 618. The second kappa shape index (κ2) is 5.44. The van der Waals surface area contributed by atoms with Crippen molar-refractivity contribution >= 4 is 12.1 Å². The van der Waals surface area contributed by atoms with E-state index in [0.717, 1.165) is 0 Å². The fourth-order valence-electron chi connectivity index (χ4n) is 1.74. The molecule has 0 heterocycles. The molecule has 3 nitrogen and oxygen atoms in total. The van der Waals surface area contributed by atoms with Crippen LogP contribution in [0.3, 0.4) is 0 Å². The summed E-state index contributed by atoms with van der Waals surface area (Å²) in [5, 5.41) is 0. The van der Waals surface area contributed by atoms with Crippen LogP contribution in [0.5, 0.6) is 5.75 Å². The molecule has 0 fully saturated rings. The third kappa shape index (κ3) is 2.68. The van der Waals surface area contributed by atoms with Gasteiger partial charge in [-0.15, -0.1) is 0 Å². The SMILES string of the molecule is COc1ccc(C(=O)c2ccc(F)cc2)cc1C=O. The van der Waals surface area contributed by atoms with Gasteiger partial charge in [0.1, 0.15) is 11.6 Å². The minimum absolute atomic E-state index is 0.272. The van der Waals surface area contributed by atoms with Crippen LogP contribution in [0.2, 0.25) is 0 Å². The third-order valence-electron chi connectivity index (χ3n) is 2.73. The van der Waals surface area contributed by atoms with Gasteiger partial charge in [0.25, 0.3) is 0 Å². The number of benzene rings is 2. The molecular weight excluding hydrogens is 247 g/mol. The number of aldehydes is 1. The summed E-state index contributed by atoms with van der Waals surface area (Å²) in [6.45, 7) is 0. The molecule has 0 bridgehead atoms. The van der Waals surface area contributed by atoms with Crippen molar-refractivity contribution < 1.29 is 18.7 Å². The van der Waals surface area contributed by atoms with Gasteiger partial charge in [0.2, 0.25) is 0 Å². The first-order chi connectivity index (χ1) is 9.15. The second-order valence-corrected chi connectivity index (χ2v) is 3.91. The monoisotopic (exact) mass is 258 g/mol. The Balaban J connectivity index is 2.39. The summed E-state index contributed by atoms with van der Waals surface area (Å²) in [7, 11) is 1.45. The van der Waals surface area contributed by atoms with Gasteiger partial charge in [0.15, 0.2) is 12.1 Å². The zero-order valence-electron chi connectivity index (χ0n) is 10.2. The van der Waals surface area contributed by atoms with Gasteiger partial charge in [0, 0.05) is 11.1 Å². The van der Waals surface area contributed by atoms with E-state index in [-0.39, 0.29) is 5.78 Å². The molecule has 4 heteroatoms. The van der Waals surface area contributed by atoms with E-state index in [1.54, 1.807) is 12.1 Å². The van der Waals surface area contributed by atoms with Crippen molar-refractivity contribution in [1.29, 1.82) is 0 Å². The Kier molecular flexibility index (Phi) is 3.71. The van der Waals surface area contributed by atoms with E-state index in [9.17, 15) is 14.0 Å². The number of methoxy groups -OCH3 is 1. The fraction of sp³-hybridized carbons (Fsp3) is 0.0667. The molecule has 0 spiro atoms. The number of rotatable bonds is 4. The molecule has 0 N–H and O–H groups in total. The van der Waals surface area contributed by atoms with Crippen molar-refractivity contribution in [1.82, 2.24) is 0 Å². The minimum atomic E-state index is -0.403. The Morgan fingerprint density at radius 3 is 2.32 bits per heavy atom. The van der Waals surface area contributed by atoms with Crippen LogP contribution in [0.15, 0.2) is 42.5 Å². The molecule has 2 aromatic carbocycles. The summed E-state index contributed by atoms with van der Waals surface area (Å²) >= 11 is 0. The lowest BCUT2D eigenvalue weighted by molar-refractivity contribution is 0.103. The van der Waals surface area contributed by atoms with E-state index in [1.807, 2.05) is 0 Å². The highest BCUT2D eigenvalue weighted by Gasteiger charge is 2.12. The molecule has 0 amide bonds. The highest BCUT2D eigenvalue weighted by atomic mass is 19.1. The number of ether oxygens (including phenoxy) is 1. The standard InChI is InChI=1S/C15H11FO3/c1-19-14-7-4-11(8-12(14)9-17)15(18)10-2-5-13(16)6-3-10/h2-9H,1H3. The summed E-state index contributed by atoms with van der Waals surface area (Å²) in [5.74, 6) is -0.267. The zero-order valence-corrected chi connectivity index (χ0v) is 10.2. The predicted octanol–water partition coefficient (Wildman–Crippen LogP) is 2.88. The summed E-state index contributed by atoms with van der Waals surface area (Å²) in [6.07, 6.45) is 0.625. The average molecular weight is 258 g/mol. The van der Waals surface area contributed by atoms with Gasteiger partial charge in [0.05, 0.1) is 12.7 Å². The number of carbonyl (C=O) groups is 2. The van der Waals surface area contributed by atoms with Crippen LogP contribution < -0.4 is 4.74 Å². The van der Waals surface area contributed by atoms with Gasteiger partial charge in [-0.3, -0.25) is 9.59 Å². The second-order valence-electron chi connectivity index (χ2n) is 3.91. The van der Waals surface area contributed by atoms with E-state index >= 15 is 0 Å². The van der Waals surface area contributed by atoms with Crippen molar-refractivity contribution in [3.63, 3.8) is 0 Å². The van der Waals surface area contributed by atoms with E-state index in [1.165, 1.54) is 37.4 Å². The molecule has 0 aliphatic carbocycles. The molecule has 0 atom stereocenters. The molecule has 0 aromatic heterocycles. The zero-order chi connectivity index (χ0) is 13.8. The topological polar surface area (TPSA) is 43.4 Å². The van der Waals surface area contributed by atoms with Gasteiger partial charge in [-0.2, -0.15) is 0 Å². The minimum Gasteiger partial charge on any atom is -0.496 e. The lowest BCUT2D eigenvalue weighted by atomic mass is 10.0. The van der Waals surface area contributed by atoms with Crippen molar-refractivity contribution in [2.24, 2.45) is 0 Å². The molecule has 2 rings (SSSR count). The Labute approximate surface area is 109 Å². The summed E-state index contributed by atoms with van der Waals surface area (Å²) in [5.41, 5.74) is 1.02. The van der Waals surface area contributed by atoms with Crippen LogP contribution in [-0.2, 0) is 0 Å². The summed E-state index contributed by atoms with van der Waals surface area (Å²) in [6, 6.07) is 9.83. The quantitative estimate of drug-likeness (QED) is 0.625. The fourth-order valence-corrected chi connectivity index (χ4v) is 1.74. The van der Waals surface area contributed by atoms with E-state index in [0.29, 0.717) is 28.7 Å². The first-order valence-electron chi connectivity index (χ1n) is 5.59. The molecule has 0 aliphatic heterocycles. The highest BCUT2D eigenvalue weighted by Crippen LogP contribution is 2.20. The van der Waals surface area contributed by atoms with Gasteiger partial charge in [-0.05, 0) is 42.5 Å². The van der Waals surface area contributed by atoms with Crippen LogP contribution in [0.1, 0.15) is 26.3 Å². The molecular formula is C15H11FO3. The lowest BCUT2D eigenvalue weighted by Crippen LogP contribution is -2.03. The molecule has 0 aliphatic rings. The van der Waals surface area contributed by atoms with Crippen molar-refractivity contribution in [2.45, 2.75) is 0 Å². The first kappa shape index (κ1) is 13.0. The highest BCUT2D eigenvalue weighted by molar-refractivity contribution is 6.09. The van der Waals surface area contributed by atoms with Crippen molar-refractivity contribution in [2.75, 3.05) is 7.11 Å². The molecule has 0 saturated heterocycles. The Morgan fingerprint density at radius 2 is 1.74 bits per heavy atom. The summed E-state index contributed by atoms with van der Waals surface area (Å²) in [4.78, 5) is 23.0. The Hall–Kier alpha value is -2.49. The maximum Gasteiger partial charge on any atom is 0.193 e. The number of hydrogen-bond donors (Lipinski definition) is 0. The van der Waals surface area contributed by atoms with Gasteiger partial charge < -0.3 is 4.74 Å². The average Bonchev–Trinajstić information content (AvgIpc) is 2.46. The van der Waals surface area contributed by atoms with Gasteiger partial charge >= 0.3 is 0 Å². The number of ketones is 1. The molecule has 19 heavy (non-hydrogen) atoms. The van der Waals surface area contributed by atoms with Crippen LogP contribution in [0.4, 0.5) is 4.39 Å². The van der Waals surface area contributed by atoms with Gasteiger partial charge in [-0.1, -0.05) is 0 Å². The van der Waals surface area contributed by atoms with Crippen LogP contribution in [-0.4, -0.2) is 19.2 Å². The van der Waals surface area contributed by atoms with Crippen LogP contribution in [0.25, 0.3) is 0 Å². The first-order valence-corrected chi connectivity index (χ1v) is 5.59. The van der Waals surface area contributed by atoms with Gasteiger partial charge in [-0.25, -0.2) is 4.39 Å². The molecule has 0 radical (unpaired) electrons. The predicted molar refractivity (Wildman–Crippen MR) is 68.2 cm³/mol. The van der Waals surface area contributed by atoms with Crippen molar-refractivity contribution in [3.05, 3.63) is 65.0 Å². The largest absolute Gasteiger partial charge is 0.496 e. The lowest BCUT2D eigenvalue weighted by Gasteiger charge is -2.06. The number of halogens is 1. The molecule has 2 aromatic rings. The van der Waals surface area contributed by atoms with Crippen molar-refractivity contribution in [3.8, 4) is 5.75 Å². The van der Waals surface area contributed by atoms with Crippen LogP contribution >= 0.6 is 0 Å². The van der Waals surface area contributed by atoms with E-state index < -0.39 is 5.82 Å². The summed E-state index contributed by atoms with van der Waals surface area (Å²) < 4.78 is 17.8. The molecule has 96 valence electrons. The van der Waals surface area contributed by atoms with Crippen LogP contribution in [0, 0.1) is 5.82 Å². The third-order valence-corrected chi connectivity index (χ3v) is 2.73. The van der Waals surface area contributed by atoms with E-state index in [2.05, 4.69) is 0 Å². The maximum absolute atomic E-state index is 12.8.